The van der Waals surface area contributed by atoms with Gasteiger partial charge < -0.3 is 4.90 Å². The second-order valence-corrected chi connectivity index (χ2v) is 3.32. The lowest BCUT2D eigenvalue weighted by Crippen LogP contribution is -2.23. The van der Waals surface area contributed by atoms with E-state index in [1.807, 2.05) is 18.7 Å². The minimum absolute atomic E-state index is 0.0306. The van der Waals surface area contributed by atoms with Crippen molar-refractivity contribution >= 4 is 23.1 Å². The molecule has 0 aliphatic heterocycles. The monoisotopic (exact) mass is 229 g/mol. The van der Waals surface area contributed by atoms with Crippen LogP contribution < -0.4 is 4.90 Å². The third-order valence-electron chi connectivity index (χ3n) is 2.06. The third kappa shape index (κ3) is 2.79. The predicted molar refractivity (Wildman–Crippen MR) is 59.5 cm³/mol. The summed E-state index contributed by atoms with van der Waals surface area (Å²) in [5.74, 6) is 0.541. The zero-order valence-corrected chi connectivity index (χ0v) is 9.36. The van der Waals surface area contributed by atoms with Crippen LogP contribution in [0.2, 0.25) is 5.15 Å². The van der Waals surface area contributed by atoms with Crippen LogP contribution in [0.15, 0.2) is 12.1 Å². The number of nitrogens with zero attached hydrogens (tertiary/aromatic N) is 3. The van der Waals surface area contributed by atoms with Gasteiger partial charge in [-0.2, -0.15) is 0 Å². The summed E-state index contributed by atoms with van der Waals surface area (Å²) in [6.45, 7) is 5.39. The first-order valence-corrected chi connectivity index (χ1v) is 5.03. The molecule has 15 heavy (non-hydrogen) atoms. The van der Waals surface area contributed by atoms with Gasteiger partial charge in [-0.1, -0.05) is 11.6 Å². The van der Waals surface area contributed by atoms with Gasteiger partial charge in [-0.25, -0.2) is 4.98 Å². The Morgan fingerprint density at radius 2 is 2.07 bits per heavy atom. The standard InChI is InChI=1S/C9H12ClN3O2/c1-3-12(4-2)9-6-7(13(14)15)5-8(10)11-9/h5-6H,3-4H2,1-2H3. The maximum Gasteiger partial charge on any atom is 0.276 e. The molecular formula is C9H12ClN3O2. The fourth-order valence-electron chi connectivity index (χ4n) is 1.28. The summed E-state index contributed by atoms with van der Waals surface area (Å²) in [4.78, 5) is 16.1. The molecule has 0 unspecified atom stereocenters. The maximum absolute atomic E-state index is 10.6. The molecule has 82 valence electrons. The fourth-order valence-corrected chi connectivity index (χ4v) is 1.48. The summed E-state index contributed by atoms with van der Waals surface area (Å²) in [5, 5.41) is 10.7. The van der Waals surface area contributed by atoms with Gasteiger partial charge in [-0.15, -0.1) is 0 Å². The van der Waals surface area contributed by atoms with Crippen molar-refractivity contribution in [3.05, 3.63) is 27.4 Å². The van der Waals surface area contributed by atoms with Gasteiger partial charge in [0.2, 0.25) is 0 Å². The molecule has 0 N–H and O–H groups in total. The summed E-state index contributed by atoms with van der Waals surface area (Å²) in [7, 11) is 0. The molecule has 0 spiro atoms. The van der Waals surface area contributed by atoms with E-state index in [0.717, 1.165) is 13.1 Å². The molecule has 0 atom stereocenters. The highest BCUT2D eigenvalue weighted by Gasteiger charge is 2.13. The van der Waals surface area contributed by atoms with Crippen LogP contribution in [-0.4, -0.2) is 23.0 Å². The Kier molecular flexibility index (Phi) is 3.85. The molecule has 0 aliphatic rings. The van der Waals surface area contributed by atoms with Crippen molar-refractivity contribution in [1.82, 2.24) is 4.98 Å². The van der Waals surface area contributed by atoms with Crippen LogP contribution in [-0.2, 0) is 0 Å². The SMILES string of the molecule is CCN(CC)c1cc([N+](=O)[O-])cc(Cl)n1. The van der Waals surface area contributed by atoms with E-state index in [0.29, 0.717) is 5.82 Å². The van der Waals surface area contributed by atoms with Crippen molar-refractivity contribution in [2.75, 3.05) is 18.0 Å². The molecule has 0 saturated carbocycles. The number of pyridine rings is 1. The molecule has 1 rings (SSSR count). The molecule has 1 aromatic heterocycles. The highest BCUT2D eigenvalue weighted by molar-refractivity contribution is 6.29. The summed E-state index contributed by atoms with van der Waals surface area (Å²) in [6, 6.07) is 2.67. The first-order chi connectivity index (χ1) is 7.08. The largest absolute Gasteiger partial charge is 0.357 e. The van der Waals surface area contributed by atoms with Crippen LogP contribution in [0, 0.1) is 10.1 Å². The van der Waals surface area contributed by atoms with Crippen molar-refractivity contribution in [3.63, 3.8) is 0 Å². The molecule has 0 saturated heterocycles. The van der Waals surface area contributed by atoms with E-state index in [9.17, 15) is 10.1 Å². The number of nitro groups is 1. The molecule has 1 aromatic rings. The summed E-state index contributed by atoms with van der Waals surface area (Å²) < 4.78 is 0. The first-order valence-electron chi connectivity index (χ1n) is 4.65. The summed E-state index contributed by atoms with van der Waals surface area (Å²) >= 11 is 5.71. The van der Waals surface area contributed by atoms with Gasteiger partial charge in [-0.3, -0.25) is 10.1 Å². The second kappa shape index (κ2) is 4.93. The Hall–Kier alpha value is -1.36. The minimum Gasteiger partial charge on any atom is -0.357 e. The second-order valence-electron chi connectivity index (χ2n) is 2.94. The molecule has 0 radical (unpaired) electrons. The average molecular weight is 230 g/mol. The maximum atomic E-state index is 10.6. The van der Waals surface area contributed by atoms with Gasteiger partial charge in [0.15, 0.2) is 0 Å². The van der Waals surface area contributed by atoms with E-state index in [1.54, 1.807) is 0 Å². The van der Waals surface area contributed by atoms with E-state index in [2.05, 4.69) is 4.98 Å². The van der Waals surface area contributed by atoms with Crippen molar-refractivity contribution in [3.8, 4) is 0 Å². The van der Waals surface area contributed by atoms with Gasteiger partial charge in [0.1, 0.15) is 11.0 Å². The Morgan fingerprint density at radius 1 is 1.47 bits per heavy atom. The van der Waals surface area contributed by atoms with Crippen LogP contribution in [0.5, 0.6) is 0 Å². The number of hydrogen-bond donors (Lipinski definition) is 0. The third-order valence-corrected chi connectivity index (χ3v) is 2.26. The van der Waals surface area contributed by atoms with E-state index in [-0.39, 0.29) is 10.8 Å². The lowest BCUT2D eigenvalue weighted by Gasteiger charge is -2.19. The predicted octanol–water partition coefficient (Wildman–Crippen LogP) is 2.49. The molecule has 0 aliphatic carbocycles. The van der Waals surface area contributed by atoms with Crippen molar-refractivity contribution in [2.24, 2.45) is 0 Å². The number of anilines is 1. The average Bonchev–Trinajstić information content (AvgIpc) is 2.18. The van der Waals surface area contributed by atoms with Gasteiger partial charge >= 0.3 is 0 Å². The Labute approximate surface area is 92.8 Å². The van der Waals surface area contributed by atoms with E-state index >= 15 is 0 Å². The number of rotatable bonds is 4. The Morgan fingerprint density at radius 3 is 2.53 bits per heavy atom. The van der Waals surface area contributed by atoms with Crippen molar-refractivity contribution in [2.45, 2.75) is 13.8 Å². The van der Waals surface area contributed by atoms with Gasteiger partial charge in [0.05, 0.1) is 17.1 Å². The number of hydrogen-bond acceptors (Lipinski definition) is 4. The van der Waals surface area contributed by atoms with Crippen molar-refractivity contribution < 1.29 is 4.92 Å². The van der Waals surface area contributed by atoms with Crippen LogP contribution in [0.25, 0.3) is 0 Å². The van der Waals surface area contributed by atoms with Crippen LogP contribution in [0.4, 0.5) is 11.5 Å². The fraction of sp³-hybridized carbons (Fsp3) is 0.444. The topological polar surface area (TPSA) is 59.3 Å². The molecule has 6 heteroatoms. The van der Waals surface area contributed by atoms with Crippen LogP contribution in [0.1, 0.15) is 13.8 Å². The molecule has 0 aromatic carbocycles. The van der Waals surface area contributed by atoms with Crippen LogP contribution in [0.3, 0.4) is 0 Å². The molecular weight excluding hydrogens is 218 g/mol. The van der Waals surface area contributed by atoms with Gasteiger partial charge in [0.25, 0.3) is 5.69 Å². The van der Waals surface area contributed by atoms with Gasteiger partial charge in [0, 0.05) is 13.1 Å². The number of aromatic nitrogens is 1. The molecule has 0 amide bonds. The highest BCUT2D eigenvalue weighted by Crippen LogP contribution is 2.22. The van der Waals surface area contributed by atoms with Gasteiger partial charge in [-0.05, 0) is 13.8 Å². The molecule has 5 nitrogen and oxygen atoms in total. The number of halogens is 1. The zero-order valence-electron chi connectivity index (χ0n) is 8.61. The zero-order chi connectivity index (χ0) is 11.4. The molecule has 0 bridgehead atoms. The van der Waals surface area contributed by atoms with Crippen LogP contribution >= 0.6 is 11.6 Å². The Balaban J connectivity index is 3.13. The minimum atomic E-state index is -0.472. The van der Waals surface area contributed by atoms with Crippen molar-refractivity contribution in [1.29, 1.82) is 0 Å². The normalized spacial score (nSPS) is 10.1. The lowest BCUT2D eigenvalue weighted by molar-refractivity contribution is -0.384. The molecule has 0 fully saturated rings. The van der Waals surface area contributed by atoms with E-state index < -0.39 is 4.92 Å². The smallest absolute Gasteiger partial charge is 0.276 e. The van der Waals surface area contributed by atoms with E-state index in [1.165, 1.54) is 12.1 Å². The Bertz CT molecular complexity index is 366. The quantitative estimate of drug-likeness (QED) is 0.452. The first kappa shape index (κ1) is 11.7. The summed E-state index contributed by atoms with van der Waals surface area (Å²) in [5.41, 5.74) is -0.0306. The summed E-state index contributed by atoms with van der Waals surface area (Å²) in [6.07, 6.45) is 0. The lowest BCUT2D eigenvalue weighted by atomic mass is 10.3. The highest BCUT2D eigenvalue weighted by atomic mass is 35.5. The molecule has 1 heterocycles. The van der Waals surface area contributed by atoms with E-state index in [4.69, 9.17) is 11.6 Å².